The molecule has 16 saturated heterocycles. The van der Waals surface area contributed by atoms with E-state index in [2.05, 4.69) is 40.9 Å². The molecule has 12 bridgehead atoms. The van der Waals surface area contributed by atoms with E-state index in [4.69, 9.17) is 71.1 Å². The smallest absolute Gasteiger partial charge is 0.308 e. The molecule has 31 atom stereocenters. The van der Waals surface area contributed by atoms with Crippen molar-refractivity contribution in [3.05, 3.63) is 24.3 Å². The van der Waals surface area contributed by atoms with Gasteiger partial charge in [0.05, 0.1) is 116 Å². The van der Waals surface area contributed by atoms with Crippen molar-refractivity contribution in [3.63, 3.8) is 0 Å². The highest BCUT2D eigenvalue weighted by Gasteiger charge is 2.70. The van der Waals surface area contributed by atoms with Crippen molar-refractivity contribution in [2.45, 2.75) is 314 Å². The van der Waals surface area contributed by atoms with Gasteiger partial charge in [-0.15, -0.1) is 0 Å². The lowest BCUT2D eigenvalue weighted by molar-refractivity contribution is -0.371. The van der Waals surface area contributed by atoms with Crippen molar-refractivity contribution in [1.82, 2.24) is 0 Å². The number of aliphatic hydroxyl groups excluding tert-OH is 2. The first-order valence-corrected chi connectivity index (χ1v) is 31.2. The molecule has 2 N–H and O–H groups in total. The van der Waals surface area contributed by atoms with Gasteiger partial charge in [0, 0.05) is 83.2 Å². The molecule has 6 unspecified atom stereocenters. The molecule has 0 aromatic carbocycles. The van der Waals surface area contributed by atoms with E-state index in [0.717, 1.165) is 49.7 Å². The number of ether oxygens (including phenoxy) is 15. The third kappa shape index (κ3) is 9.51. The number of aliphatic hydroxyl groups is 2. The Morgan fingerprint density at radius 1 is 0.525 bits per heavy atom. The summed E-state index contributed by atoms with van der Waals surface area (Å²) in [4.78, 5) is 27.0. The number of hydrogen-bond acceptors (Lipinski definition) is 19. The van der Waals surface area contributed by atoms with Crippen molar-refractivity contribution < 1.29 is 90.9 Å². The minimum Gasteiger partial charge on any atom is -0.459 e. The molecule has 0 aliphatic carbocycles. The molecule has 19 heteroatoms. The number of ketones is 1. The maximum Gasteiger partial charge on any atom is 0.308 e. The number of esters is 1. The summed E-state index contributed by atoms with van der Waals surface area (Å²) in [6.07, 6.45) is 2.59. The van der Waals surface area contributed by atoms with E-state index in [9.17, 15) is 19.8 Å². The van der Waals surface area contributed by atoms with Gasteiger partial charge in [-0.3, -0.25) is 9.59 Å². The van der Waals surface area contributed by atoms with Gasteiger partial charge >= 0.3 is 5.97 Å². The lowest BCUT2D eigenvalue weighted by Gasteiger charge is -2.54. The summed E-state index contributed by atoms with van der Waals surface area (Å²) < 4.78 is 104. The summed E-state index contributed by atoms with van der Waals surface area (Å²) in [7, 11) is 0. The van der Waals surface area contributed by atoms with Gasteiger partial charge in [-0.2, -0.15) is 0 Å². The molecular weight excluding hydrogens is 1040 g/mol. The summed E-state index contributed by atoms with van der Waals surface area (Å²) in [5, 5.41) is 20.4. The molecule has 16 fully saturated rings. The van der Waals surface area contributed by atoms with E-state index in [1.54, 1.807) is 0 Å². The van der Waals surface area contributed by atoms with Gasteiger partial charge in [0.15, 0.2) is 17.4 Å². The van der Waals surface area contributed by atoms with Crippen LogP contribution >= 0.6 is 0 Å². The van der Waals surface area contributed by atoms with Gasteiger partial charge in [0.25, 0.3) is 0 Å². The quantitative estimate of drug-likeness (QED) is 0.262. The standard InChI is InChI=1S/C61H86O19/c1-27-15-34-7-9-38-28(2)16-36(66-38)11-13-59-25-47-55(79-59)56-57(73-47)58(80-59)54-39(70-56)10-8-35(68-54)18-49(65)74-53-32(6)52-44(69-43(53)20-40(67-34)31(27)5)21-42-46(72-52)24-61(75-42)26-48-51(78-61)30(4)23-60(77-48)22-29(3)50-45(76-60)19-37(64)41(71-50)17-33(63)12-14-62/h27,29-30,32,34-48,50-58,62,64H,2,5,7-26H2,1,3-4,6H3/t27-,29-,30+,32+,34+,35+,36+,37+,38+,39+,40-,41+,42?,43+,44?,45+,46?,47?,48+,50+,51+,52?,53?,54+,55+,56+,57-,58+,59+,60+,61+/m1/s1. The average molecular weight is 1120 g/mol. The van der Waals surface area contributed by atoms with Gasteiger partial charge in [-0.05, 0) is 73.8 Å². The van der Waals surface area contributed by atoms with Crippen LogP contribution < -0.4 is 0 Å². The number of carbonyl (C=O) groups is 2. The predicted octanol–water partition coefficient (Wildman–Crippen LogP) is 5.52. The van der Waals surface area contributed by atoms with E-state index in [-0.39, 0.29) is 159 Å². The van der Waals surface area contributed by atoms with Gasteiger partial charge in [0.1, 0.15) is 42.4 Å². The zero-order valence-corrected chi connectivity index (χ0v) is 47.1. The summed E-state index contributed by atoms with van der Waals surface area (Å²) in [6.45, 7) is 17.6. The van der Waals surface area contributed by atoms with Crippen LogP contribution in [0.1, 0.15) is 150 Å². The zero-order chi connectivity index (χ0) is 54.7. The molecule has 0 saturated carbocycles. The topological polar surface area (TPSA) is 213 Å². The van der Waals surface area contributed by atoms with Crippen molar-refractivity contribution in [2.75, 3.05) is 6.61 Å². The van der Waals surface area contributed by atoms with Crippen LogP contribution in [0.5, 0.6) is 0 Å². The zero-order valence-electron chi connectivity index (χ0n) is 47.1. The van der Waals surface area contributed by atoms with Crippen LogP contribution in [-0.4, -0.2) is 192 Å². The monoisotopic (exact) mass is 1120 g/mol. The van der Waals surface area contributed by atoms with Crippen molar-refractivity contribution in [3.8, 4) is 0 Å². The van der Waals surface area contributed by atoms with Gasteiger partial charge < -0.3 is 81.3 Å². The second-order valence-corrected chi connectivity index (χ2v) is 27.7. The lowest BCUT2D eigenvalue weighted by atomic mass is 9.78. The van der Waals surface area contributed by atoms with Crippen LogP contribution in [0.15, 0.2) is 24.3 Å². The molecule has 3 spiro atoms. The van der Waals surface area contributed by atoms with Crippen LogP contribution in [0.3, 0.4) is 0 Å². The fraction of sp³-hybridized carbons (Fsp3) is 0.902. The number of fused-ring (bicyclic) bond motifs is 10. The Kier molecular flexibility index (Phi) is 14.0. The third-order valence-electron chi connectivity index (χ3n) is 22.0. The maximum atomic E-state index is 14.6. The molecule has 0 aromatic rings. The highest BCUT2D eigenvalue weighted by atomic mass is 16.8. The highest BCUT2D eigenvalue weighted by molar-refractivity contribution is 5.79. The van der Waals surface area contributed by atoms with Gasteiger partial charge in [-0.25, -0.2) is 0 Å². The fourth-order valence-corrected chi connectivity index (χ4v) is 18.3. The summed E-state index contributed by atoms with van der Waals surface area (Å²) in [6, 6.07) is 0. The number of Topliss-reactive ketones (excluding diaryl/α,β-unsaturated/α-hetero) is 1. The van der Waals surface area contributed by atoms with Crippen LogP contribution in [-0.2, 0) is 80.6 Å². The van der Waals surface area contributed by atoms with E-state index >= 15 is 0 Å². The third-order valence-corrected chi connectivity index (χ3v) is 22.0. The molecule has 16 rings (SSSR count). The van der Waals surface area contributed by atoms with Crippen molar-refractivity contribution in [2.24, 2.45) is 23.7 Å². The number of rotatable bonds is 4. The Morgan fingerprint density at radius 2 is 1.20 bits per heavy atom. The number of carbonyl (C=O) groups excluding carboxylic acids is 2. The van der Waals surface area contributed by atoms with Crippen LogP contribution in [0.25, 0.3) is 0 Å². The maximum absolute atomic E-state index is 14.6. The van der Waals surface area contributed by atoms with Crippen LogP contribution in [0.4, 0.5) is 0 Å². The molecule has 444 valence electrons. The van der Waals surface area contributed by atoms with E-state index in [1.807, 2.05) is 0 Å². The Hall–Kier alpha value is -2.02. The molecule has 16 aliphatic rings. The average Bonchev–Trinajstić information content (AvgIpc) is 4.25. The first-order chi connectivity index (χ1) is 38.5. The van der Waals surface area contributed by atoms with Gasteiger partial charge in [0.2, 0.25) is 0 Å². The van der Waals surface area contributed by atoms with Crippen molar-refractivity contribution >= 4 is 11.8 Å². The highest BCUT2D eigenvalue weighted by Crippen LogP contribution is 2.58. The minimum absolute atomic E-state index is 0.0122. The Morgan fingerprint density at radius 3 is 2.05 bits per heavy atom. The lowest BCUT2D eigenvalue weighted by Crippen LogP contribution is -2.62. The molecule has 16 aliphatic heterocycles. The Labute approximate surface area is 469 Å². The SMILES string of the molecule is C=C1C[C@@H]2CC[C@@]34CC5O[C@H]6[C@@H](O3)[C@H]3O[C@@H](CC[C@@H]3O[C@H]6[C@H]5O4)CC(=O)OC3[C@@H](C)C4OC5C[C@]6(C[C@@H]7O[C@@]8(C[C@@H](C)[C@@H]9O[C@@H](CC(=O)CCO)[C@@H](O)C[C@@H]9O8)C[C@H](C)[C@@H]7O6)OC5CC4O[C@H]3C[C@H]3O[C@@H](CC[C@@H]1O2)C[C@@H](C)C3=C. The predicted molar refractivity (Wildman–Crippen MR) is 277 cm³/mol. The molecule has 0 aromatic heterocycles. The summed E-state index contributed by atoms with van der Waals surface area (Å²) in [5.41, 5.74) is 2.15. The van der Waals surface area contributed by atoms with Gasteiger partial charge in [-0.1, -0.05) is 40.9 Å². The van der Waals surface area contributed by atoms with Crippen LogP contribution in [0.2, 0.25) is 0 Å². The van der Waals surface area contributed by atoms with Crippen LogP contribution in [0, 0.1) is 23.7 Å². The normalized spacial score (nSPS) is 56.9. The first-order valence-electron chi connectivity index (χ1n) is 31.2. The van der Waals surface area contributed by atoms with E-state index in [0.29, 0.717) is 64.2 Å². The number of hydrogen-bond donors (Lipinski definition) is 2. The minimum atomic E-state index is -0.939. The van der Waals surface area contributed by atoms with E-state index in [1.165, 1.54) is 0 Å². The largest absolute Gasteiger partial charge is 0.459 e. The molecule has 80 heavy (non-hydrogen) atoms. The molecule has 19 nitrogen and oxygen atoms in total. The Balaban J connectivity index is 0.652. The molecule has 16 heterocycles. The molecular formula is C61H86O19. The summed E-state index contributed by atoms with van der Waals surface area (Å²) >= 11 is 0. The fourth-order valence-electron chi connectivity index (χ4n) is 18.3. The summed E-state index contributed by atoms with van der Waals surface area (Å²) in [5.74, 6) is -3.05. The first kappa shape index (κ1) is 54.6. The second-order valence-electron chi connectivity index (χ2n) is 27.7. The van der Waals surface area contributed by atoms with E-state index < -0.39 is 66.2 Å². The molecule has 0 radical (unpaired) electrons. The Bertz CT molecular complexity index is 2410. The van der Waals surface area contributed by atoms with Crippen molar-refractivity contribution in [1.29, 1.82) is 0 Å². The molecule has 0 amide bonds. The second kappa shape index (κ2) is 20.6.